The van der Waals surface area contributed by atoms with Crippen molar-refractivity contribution in [1.29, 1.82) is 0 Å². The fraction of sp³-hybridized carbons (Fsp3) is 0.444. The van der Waals surface area contributed by atoms with Gasteiger partial charge in [0.05, 0.1) is 17.1 Å². The second kappa shape index (κ2) is 6.29. The zero-order chi connectivity index (χ0) is 18.6. The van der Waals surface area contributed by atoms with Crippen LogP contribution in [0.2, 0.25) is 0 Å². The van der Waals surface area contributed by atoms with Crippen LogP contribution in [0.1, 0.15) is 24.0 Å². The minimum Gasteiger partial charge on any atom is -0.465 e. The van der Waals surface area contributed by atoms with Crippen molar-refractivity contribution in [2.75, 3.05) is 24.5 Å². The molecule has 2 aromatic rings. The van der Waals surface area contributed by atoms with Crippen LogP contribution in [0.4, 0.5) is 5.69 Å². The first-order valence-electron chi connectivity index (χ1n) is 9.05. The van der Waals surface area contributed by atoms with Gasteiger partial charge in [-0.1, -0.05) is 11.3 Å². The van der Waals surface area contributed by atoms with E-state index >= 15 is 0 Å². The van der Waals surface area contributed by atoms with Crippen LogP contribution >= 0.6 is 11.3 Å². The smallest absolute Gasteiger partial charge is 0.273 e. The van der Waals surface area contributed by atoms with Crippen molar-refractivity contribution in [2.24, 2.45) is 0 Å². The van der Waals surface area contributed by atoms with Gasteiger partial charge in [0, 0.05) is 31.1 Å². The molecule has 0 aliphatic carbocycles. The number of ether oxygens (including phenoxy) is 1. The van der Waals surface area contributed by atoms with Crippen LogP contribution in [0, 0.1) is 0 Å². The number of rotatable bonds is 4. The Morgan fingerprint density at radius 1 is 1.15 bits per heavy atom. The van der Waals surface area contributed by atoms with Crippen LogP contribution in [0.15, 0.2) is 28.6 Å². The number of amides is 1. The standard InChI is InChI=1S/C18H19N3O4S2/c22-16-2-1-12-9-15(10-13-3-7-21(16)17(12)13)27(23,24)20-6-4-14(11-20)25-18-19-5-8-26-18/h5,8-10,14H,1-4,6-7,11H2. The molecule has 3 aliphatic rings. The maximum absolute atomic E-state index is 13.2. The molecule has 1 amide bonds. The first kappa shape index (κ1) is 17.2. The molecule has 0 radical (unpaired) electrons. The van der Waals surface area contributed by atoms with Gasteiger partial charge in [0.2, 0.25) is 15.9 Å². The molecule has 142 valence electrons. The van der Waals surface area contributed by atoms with E-state index in [0.29, 0.717) is 55.4 Å². The summed E-state index contributed by atoms with van der Waals surface area (Å²) in [6.07, 6.45) is 3.92. The number of aryl methyl sites for hydroxylation is 1. The van der Waals surface area contributed by atoms with Gasteiger partial charge < -0.3 is 9.64 Å². The Morgan fingerprint density at radius 2 is 1.96 bits per heavy atom. The zero-order valence-corrected chi connectivity index (χ0v) is 16.3. The molecule has 7 nitrogen and oxygen atoms in total. The Bertz CT molecular complexity index is 1000. The van der Waals surface area contributed by atoms with Gasteiger partial charge in [-0.05, 0) is 42.5 Å². The molecule has 1 fully saturated rings. The number of sulfonamides is 1. The number of nitrogens with zero attached hydrogens (tertiary/aromatic N) is 3. The Morgan fingerprint density at radius 3 is 2.74 bits per heavy atom. The van der Waals surface area contributed by atoms with E-state index in [1.807, 2.05) is 5.38 Å². The Labute approximate surface area is 161 Å². The molecule has 0 saturated carbocycles. The van der Waals surface area contributed by atoms with Crippen molar-refractivity contribution in [3.8, 4) is 5.19 Å². The van der Waals surface area contributed by atoms with Gasteiger partial charge >= 0.3 is 0 Å². The summed E-state index contributed by atoms with van der Waals surface area (Å²) in [6.45, 7) is 1.42. The largest absolute Gasteiger partial charge is 0.465 e. The van der Waals surface area contributed by atoms with E-state index in [4.69, 9.17) is 4.74 Å². The molecule has 0 bridgehead atoms. The Hall–Kier alpha value is -1.97. The van der Waals surface area contributed by atoms with Gasteiger partial charge in [0.25, 0.3) is 5.19 Å². The number of hydrogen-bond donors (Lipinski definition) is 0. The average molecular weight is 406 g/mol. The molecule has 0 spiro atoms. The van der Waals surface area contributed by atoms with Gasteiger partial charge in [0.1, 0.15) is 6.10 Å². The third-order valence-corrected chi connectivity index (χ3v) is 7.95. The maximum atomic E-state index is 13.2. The lowest BCUT2D eigenvalue weighted by Crippen LogP contribution is -2.33. The van der Waals surface area contributed by atoms with Gasteiger partial charge in [-0.3, -0.25) is 4.79 Å². The normalized spacial score (nSPS) is 22.3. The van der Waals surface area contributed by atoms with Crippen LogP contribution in [0.25, 0.3) is 0 Å². The lowest BCUT2D eigenvalue weighted by Gasteiger charge is -2.26. The number of hydrogen-bond acceptors (Lipinski definition) is 6. The topological polar surface area (TPSA) is 79.8 Å². The first-order chi connectivity index (χ1) is 13.0. The van der Waals surface area contributed by atoms with Gasteiger partial charge in [0.15, 0.2) is 0 Å². The number of aromatic nitrogens is 1. The molecule has 4 heterocycles. The van der Waals surface area contributed by atoms with Crippen LogP contribution in [-0.4, -0.2) is 49.4 Å². The molecule has 9 heteroatoms. The molecule has 27 heavy (non-hydrogen) atoms. The monoisotopic (exact) mass is 405 g/mol. The maximum Gasteiger partial charge on any atom is 0.273 e. The highest BCUT2D eigenvalue weighted by atomic mass is 32.2. The Balaban J connectivity index is 1.41. The van der Waals surface area contributed by atoms with Gasteiger partial charge in [-0.25, -0.2) is 13.4 Å². The van der Waals surface area contributed by atoms with E-state index in [1.54, 1.807) is 23.2 Å². The third kappa shape index (κ3) is 2.84. The molecular formula is C18H19N3O4S2. The fourth-order valence-electron chi connectivity index (χ4n) is 4.15. The fourth-order valence-corrected chi connectivity index (χ4v) is 6.29. The summed E-state index contributed by atoms with van der Waals surface area (Å²) in [5.74, 6) is 0.138. The van der Waals surface area contributed by atoms with E-state index in [-0.39, 0.29) is 12.0 Å². The second-order valence-electron chi connectivity index (χ2n) is 7.08. The number of carbonyl (C=O) groups is 1. The zero-order valence-electron chi connectivity index (χ0n) is 14.6. The predicted octanol–water partition coefficient (Wildman–Crippen LogP) is 1.82. The SMILES string of the molecule is O=C1CCc2cc(S(=O)(=O)N3CCC(Oc4nccs4)C3)cc3c2N1CC3. The molecule has 0 N–H and O–H groups in total. The van der Waals surface area contributed by atoms with Crippen molar-refractivity contribution < 1.29 is 17.9 Å². The highest BCUT2D eigenvalue weighted by Gasteiger charge is 2.37. The van der Waals surface area contributed by atoms with E-state index in [0.717, 1.165) is 16.8 Å². The summed E-state index contributed by atoms with van der Waals surface area (Å²) >= 11 is 1.41. The second-order valence-corrected chi connectivity index (χ2v) is 9.87. The number of anilines is 1. The van der Waals surface area contributed by atoms with Gasteiger partial charge in [-0.2, -0.15) is 4.31 Å². The summed E-state index contributed by atoms with van der Waals surface area (Å²) in [6, 6.07) is 3.51. The molecule has 1 saturated heterocycles. The van der Waals surface area contributed by atoms with Crippen molar-refractivity contribution in [2.45, 2.75) is 36.7 Å². The van der Waals surface area contributed by atoms with Crippen molar-refractivity contribution in [3.63, 3.8) is 0 Å². The van der Waals surface area contributed by atoms with Crippen LogP contribution in [0.5, 0.6) is 5.19 Å². The summed E-state index contributed by atoms with van der Waals surface area (Å²) in [5.41, 5.74) is 2.88. The minimum atomic E-state index is -3.58. The molecule has 1 unspecified atom stereocenters. The van der Waals surface area contributed by atoms with E-state index in [2.05, 4.69) is 4.98 Å². The molecule has 1 aromatic heterocycles. The number of benzene rings is 1. The van der Waals surface area contributed by atoms with Crippen molar-refractivity contribution >= 4 is 33.0 Å². The van der Waals surface area contributed by atoms with E-state index in [1.165, 1.54) is 15.6 Å². The summed E-state index contributed by atoms with van der Waals surface area (Å²) in [4.78, 5) is 18.3. The quantitative estimate of drug-likeness (QED) is 0.775. The summed E-state index contributed by atoms with van der Waals surface area (Å²) < 4.78 is 33.7. The Kier molecular flexibility index (Phi) is 3.99. The lowest BCUT2D eigenvalue weighted by atomic mass is 10.00. The molecule has 1 aromatic carbocycles. The lowest BCUT2D eigenvalue weighted by molar-refractivity contribution is -0.118. The van der Waals surface area contributed by atoms with Crippen LogP contribution in [0.3, 0.4) is 0 Å². The van der Waals surface area contributed by atoms with E-state index in [9.17, 15) is 13.2 Å². The number of thiazole rings is 1. The number of carbonyl (C=O) groups excluding carboxylic acids is 1. The van der Waals surface area contributed by atoms with Crippen LogP contribution < -0.4 is 9.64 Å². The minimum absolute atomic E-state index is 0.138. The van der Waals surface area contributed by atoms with Gasteiger partial charge in [-0.15, -0.1) is 0 Å². The van der Waals surface area contributed by atoms with Crippen molar-refractivity contribution in [1.82, 2.24) is 9.29 Å². The first-order valence-corrected chi connectivity index (χ1v) is 11.4. The molecule has 1 atom stereocenters. The highest BCUT2D eigenvalue weighted by molar-refractivity contribution is 7.89. The third-order valence-electron chi connectivity index (χ3n) is 5.45. The van der Waals surface area contributed by atoms with Crippen LogP contribution in [-0.2, 0) is 27.7 Å². The van der Waals surface area contributed by atoms with Crippen molar-refractivity contribution in [3.05, 3.63) is 34.8 Å². The highest BCUT2D eigenvalue weighted by Crippen LogP contribution is 2.39. The summed E-state index contributed by atoms with van der Waals surface area (Å²) in [7, 11) is -3.58. The molecule has 3 aliphatic heterocycles. The predicted molar refractivity (Wildman–Crippen MR) is 101 cm³/mol. The molecule has 5 rings (SSSR count). The summed E-state index contributed by atoms with van der Waals surface area (Å²) in [5, 5.41) is 2.41. The van der Waals surface area contributed by atoms with E-state index < -0.39 is 10.0 Å². The molecular weight excluding hydrogens is 386 g/mol. The average Bonchev–Trinajstić information content (AvgIpc) is 3.40.